The third-order valence-electron chi connectivity index (χ3n) is 4.94. The van der Waals surface area contributed by atoms with Gasteiger partial charge in [0, 0.05) is 31.5 Å². The number of nitrogens with zero attached hydrogens (tertiary/aromatic N) is 3. The van der Waals surface area contributed by atoms with E-state index in [1.165, 1.54) is 11.3 Å². The molecular formula is C23H28N4O. The number of carbonyl (C=O) groups is 1. The molecule has 0 aliphatic rings. The van der Waals surface area contributed by atoms with E-state index in [0.717, 1.165) is 24.4 Å². The van der Waals surface area contributed by atoms with Gasteiger partial charge in [0.1, 0.15) is 0 Å². The Kier molecular flexibility index (Phi) is 6.48. The fraction of sp³-hybridized carbons (Fsp3) is 0.304. The van der Waals surface area contributed by atoms with E-state index in [1.807, 2.05) is 54.9 Å². The first-order valence-corrected chi connectivity index (χ1v) is 9.68. The molecule has 5 nitrogen and oxygen atoms in total. The van der Waals surface area contributed by atoms with Crippen molar-refractivity contribution in [3.8, 4) is 0 Å². The van der Waals surface area contributed by atoms with Crippen LogP contribution in [0.4, 0.5) is 5.69 Å². The Morgan fingerprint density at radius 1 is 1.04 bits per heavy atom. The van der Waals surface area contributed by atoms with Crippen molar-refractivity contribution >= 4 is 11.6 Å². The van der Waals surface area contributed by atoms with Crippen molar-refractivity contribution in [2.24, 2.45) is 0 Å². The number of anilines is 1. The van der Waals surface area contributed by atoms with Crippen molar-refractivity contribution in [2.45, 2.75) is 26.8 Å². The maximum Gasteiger partial charge on any atom is 0.255 e. The van der Waals surface area contributed by atoms with Gasteiger partial charge >= 0.3 is 0 Å². The standard InChI is InChI=1S/C23H28N4O/c1-18-22(19(2)27(25-18)17-20-11-6-4-7-12-20)23(28)24-15-10-16-26(3)21-13-8-5-9-14-21/h4-9,11-14H,10,15-17H2,1-3H3,(H,24,28). The number of hydrogen-bond donors (Lipinski definition) is 1. The average molecular weight is 377 g/mol. The van der Waals surface area contributed by atoms with Crippen LogP contribution in [0.2, 0.25) is 0 Å². The van der Waals surface area contributed by atoms with E-state index in [9.17, 15) is 4.79 Å². The number of amides is 1. The quantitative estimate of drug-likeness (QED) is 0.608. The Morgan fingerprint density at radius 2 is 1.68 bits per heavy atom. The van der Waals surface area contributed by atoms with Crippen LogP contribution < -0.4 is 10.2 Å². The molecule has 28 heavy (non-hydrogen) atoms. The highest BCUT2D eigenvalue weighted by Crippen LogP contribution is 2.15. The van der Waals surface area contributed by atoms with Crippen molar-refractivity contribution in [1.29, 1.82) is 0 Å². The molecule has 146 valence electrons. The first kappa shape index (κ1) is 19.7. The van der Waals surface area contributed by atoms with Crippen LogP contribution in [0.3, 0.4) is 0 Å². The van der Waals surface area contributed by atoms with Crippen molar-refractivity contribution in [3.05, 3.63) is 83.2 Å². The second-order valence-electron chi connectivity index (χ2n) is 7.06. The van der Waals surface area contributed by atoms with E-state index < -0.39 is 0 Å². The fourth-order valence-electron chi connectivity index (χ4n) is 3.35. The Bertz CT molecular complexity index is 903. The predicted molar refractivity (Wildman–Crippen MR) is 114 cm³/mol. The summed E-state index contributed by atoms with van der Waals surface area (Å²) >= 11 is 0. The number of aromatic nitrogens is 2. The van der Waals surface area contributed by atoms with Gasteiger partial charge < -0.3 is 10.2 Å². The summed E-state index contributed by atoms with van der Waals surface area (Å²) in [6, 6.07) is 20.4. The van der Waals surface area contributed by atoms with Gasteiger partial charge in [0.25, 0.3) is 5.91 Å². The minimum Gasteiger partial charge on any atom is -0.375 e. The number of nitrogens with one attached hydrogen (secondary N) is 1. The van der Waals surface area contributed by atoms with Crippen LogP contribution in [-0.2, 0) is 6.54 Å². The molecular weight excluding hydrogens is 348 g/mol. The molecule has 0 atom stereocenters. The van der Waals surface area contributed by atoms with Crippen LogP contribution in [-0.4, -0.2) is 35.8 Å². The van der Waals surface area contributed by atoms with E-state index in [1.54, 1.807) is 0 Å². The molecule has 1 heterocycles. The Morgan fingerprint density at radius 3 is 2.36 bits per heavy atom. The highest BCUT2D eigenvalue weighted by atomic mass is 16.1. The maximum absolute atomic E-state index is 12.7. The lowest BCUT2D eigenvalue weighted by atomic mass is 10.1. The highest BCUT2D eigenvalue weighted by Gasteiger charge is 2.18. The molecule has 2 aromatic carbocycles. The van der Waals surface area contributed by atoms with Crippen LogP contribution >= 0.6 is 0 Å². The van der Waals surface area contributed by atoms with E-state index in [0.29, 0.717) is 18.7 Å². The second-order valence-corrected chi connectivity index (χ2v) is 7.06. The summed E-state index contributed by atoms with van der Waals surface area (Å²) in [5.74, 6) is -0.0447. The van der Waals surface area contributed by atoms with E-state index in [-0.39, 0.29) is 5.91 Å². The second kappa shape index (κ2) is 9.22. The molecule has 0 fully saturated rings. The van der Waals surface area contributed by atoms with Crippen LogP contribution in [0.5, 0.6) is 0 Å². The molecule has 3 rings (SSSR count). The third-order valence-corrected chi connectivity index (χ3v) is 4.94. The monoisotopic (exact) mass is 376 g/mol. The number of carbonyl (C=O) groups excluding carboxylic acids is 1. The molecule has 0 saturated heterocycles. The summed E-state index contributed by atoms with van der Waals surface area (Å²) in [7, 11) is 2.07. The molecule has 1 aromatic heterocycles. The average Bonchev–Trinajstić information content (AvgIpc) is 2.99. The van der Waals surface area contributed by atoms with Crippen LogP contribution in [0, 0.1) is 13.8 Å². The zero-order valence-corrected chi connectivity index (χ0v) is 16.9. The van der Waals surface area contributed by atoms with E-state index >= 15 is 0 Å². The maximum atomic E-state index is 12.7. The number of hydrogen-bond acceptors (Lipinski definition) is 3. The summed E-state index contributed by atoms with van der Waals surface area (Å²) in [6.45, 7) is 6.05. The molecule has 0 radical (unpaired) electrons. The van der Waals surface area contributed by atoms with Gasteiger partial charge in [-0.1, -0.05) is 48.5 Å². The van der Waals surface area contributed by atoms with Crippen LogP contribution in [0.1, 0.15) is 33.7 Å². The lowest BCUT2D eigenvalue weighted by Gasteiger charge is -2.19. The van der Waals surface area contributed by atoms with E-state index in [2.05, 4.69) is 46.6 Å². The first-order chi connectivity index (χ1) is 13.6. The Balaban J connectivity index is 1.54. The minimum absolute atomic E-state index is 0.0447. The molecule has 0 bridgehead atoms. The molecule has 3 aromatic rings. The molecule has 0 unspecified atom stereocenters. The summed E-state index contributed by atoms with van der Waals surface area (Å²) < 4.78 is 1.91. The van der Waals surface area contributed by atoms with Crippen molar-refractivity contribution in [1.82, 2.24) is 15.1 Å². The number of aryl methyl sites for hydroxylation is 1. The lowest BCUT2D eigenvalue weighted by Crippen LogP contribution is -2.28. The first-order valence-electron chi connectivity index (χ1n) is 9.68. The normalized spacial score (nSPS) is 10.7. The minimum atomic E-state index is -0.0447. The molecule has 0 aliphatic heterocycles. The van der Waals surface area contributed by atoms with Crippen molar-refractivity contribution < 1.29 is 4.79 Å². The van der Waals surface area contributed by atoms with Gasteiger partial charge in [-0.15, -0.1) is 0 Å². The molecule has 1 N–H and O–H groups in total. The topological polar surface area (TPSA) is 50.2 Å². The van der Waals surface area contributed by atoms with Crippen molar-refractivity contribution in [2.75, 3.05) is 25.0 Å². The summed E-state index contributed by atoms with van der Waals surface area (Å²) in [5, 5.41) is 7.62. The molecule has 1 amide bonds. The SMILES string of the molecule is Cc1nn(Cc2ccccc2)c(C)c1C(=O)NCCCN(C)c1ccccc1. The van der Waals surface area contributed by atoms with E-state index in [4.69, 9.17) is 0 Å². The predicted octanol–water partition coefficient (Wildman–Crippen LogP) is 3.80. The van der Waals surface area contributed by atoms with Gasteiger partial charge in [-0.2, -0.15) is 5.10 Å². The van der Waals surface area contributed by atoms with Gasteiger partial charge in [-0.3, -0.25) is 9.48 Å². The Labute approximate surface area is 167 Å². The van der Waals surface area contributed by atoms with Gasteiger partial charge in [0.05, 0.1) is 17.8 Å². The lowest BCUT2D eigenvalue weighted by molar-refractivity contribution is 0.0952. The van der Waals surface area contributed by atoms with Gasteiger partial charge in [-0.05, 0) is 38.0 Å². The summed E-state index contributed by atoms with van der Waals surface area (Å²) in [4.78, 5) is 14.9. The van der Waals surface area contributed by atoms with Crippen molar-refractivity contribution in [3.63, 3.8) is 0 Å². The fourth-order valence-corrected chi connectivity index (χ4v) is 3.35. The zero-order chi connectivity index (χ0) is 19.9. The zero-order valence-electron chi connectivity index (χ0n) is 16.9. The van der Waals surface area contributed by atoms with Crippen LogP contribution in [0.15, 0.2) is 60.7 Å². The molecule has 0 spiro atoms. The molecule has 5 heteroatoms. The van der Waals surface area contributed by atoms with Gasteiger partial charge in [-0.25, -0.2) is 0 Å². The largest absolute Gasteiger partial charge is 0.375 e. The van der Waals surface area contributed by atoms with Gasteiger partial charge in [0.2, 0.25) is 0 Å². The molecule has 0 aliphatic carbocycles. The van der Waals surface area contributed by atoms with Gasteiger partial charge in [0.15, 0.2) is 0 Å². The molecule has 0 saturated carbocycles. The summed E-state index contributed by atoms with van der Waals surface area (Å²) in [5.41, 5.74) is 4.71. The Hall–Kier alpha value is -3.08. The number of rotatable bonds is 8. The number of para-hydroxylation sites is 1. The van der Waals surface area contributed by atoms with Crippen LogP contribution in [0.25, 0.3) is 0 Å². The number of benzene rings is 2. The smallest absolute Gasteiger partial charge is 0.255 e. The summed E-state index contributed by atoms with van der Waals surface area (Å²) in [6.07, 6.45) is 0.882. The third kappa shape index (κ3) is 4.80. The highest BCUT2D eigenvalue weighted by molar-refractivity contribution is 5.96.